The number of hydrogen-bond acceptors (Lipinski definition) is 2. The standard InChI is InChI=1S/C11H11NS.HI/c12-8-9-3-5-10(6-4-9)11-2-1-7-13-11;/h1-7H,8,12H2;1H. The summed E-state index contributed by atoms with van der Waals surface area (Å²) >= 11 is 1.76. The zero-order valence-corrected chi connectivity index (χ0v) is 10.8. The molecule has 0 aliphatic carbocycles. The van der Waals surface area contributed by atoms with Gasteiger partial charge in [-0.25, -0.2) is 0 Å². The van der Waals surface area contributed by atoms with Gasteiger partial charge in [-0.3, -0.25) is 0 Å². The Morgan fingerprint density at radius 1 is 1.07 bits per heavy atom. The normalized spacial score (nSPS) is 9.50. The van der Waals surface area contributed by atoms with Crippen molar-refractivity contribution < 1.29 is 0 Å². The lowest BCUT2D eigenvalue weighted by molar-refractivity contribution is 1.07. The fraction of sp³-hybridized carbons (Fsp3) is 0.0909. The van der Waals surface area contributed by atoms with Gasteiger partial charge in [-0.1, -0.05) is 30.3 Å². The molecule has 3 heteroatoms. The lowest BCUT2D eigenvalue weighted by Crippen LogP contribution is -1.94. The molecule has 0 spiro atoms. The SMILES string of the molecule is I.NCc1ccc(-c2cccs2)cc1. The topological polar surface area (TPSA) is 26.0 Å². The maximum Gasteiger partial charge on any atom is 0.0342 e. The van der Waals surface area contributed by atoms with Crippen molar-refractivity contribution in [3.63, 3.8) is 0 Å². The van der Waals surface area contributed by atoms with Gasteiger partial charge in [-0.15, -0.1) is 35.3 Å². The van der Waals surface area contributed by atoms with E-state index in [0.717, 1.165) is 0 Å². The molecule has 74 valence electrons. The fourth-order valence-corrected chi connectivity index (χ4v) is 1.98. The smallest absolute Gasteiger partial charge is 0.0342 e. The molecule has 0 saturated heterocycles. The zero-order chi connectivity index (χ0) is 9.10. The first-order valence-corrected chi connectivity index (χ1v) is 5.11. The van der Waals surface area contributed by atoms with Crippen molar-refractivity contribution in [2.75, 3.05) is 0 Å². The van der Waals surface area contributed by atoms with Gasteiger partial charge in [0.05, 0.1) is 0 Å². The molecule has 1 aromatic carbocycles. The predicted molar refractivity (Wildman–Crippen MR) is 73.1 cm³/mol. The summed E-state index contributed by atoms with van der Waals surface area (Å²) in [5.41, 5.74) is 7.97. The van der Waals surface area contributed by atoms with Crippen LogP contribution in [-0.2, 0) is 6.54 Å². The van der Waals surface area contributed by atoms with Gasteiger partial charge in [0.25, 0.3) is 0 Å². The average Bonchev–Trinajstić information content (AvgIpc) is 2.71. The van der Waals surface area contributed by atoms with Crippen LogP contribution >= 0.6 is 35.3 Å². The van der Waals surface area contributed by atoms with Gasteiger partial charge in [0.1, 0.15) is 0 Å². The molecule has 0 unspecified atom stereocenters. The summed E-state index contributed by atoms with van der Waals surface area (Å²) in [6.07, 6.45) is 0. The summed E-state index contributed by atoms with van der Waals surface area (Å²) in [7, 11) is 0. The minimum Gasteiger partial charge on any atom is -0.326 e. The molecule has 0 radical (unpaired) electrons. The highest BCUT2D eigenvalue weighted by molar-refractivity contribution is 14.0. The number of halogens is 1. The molecule has 0 bridgehead atoms. The first kappa shape index (κ1) is 11.7. The molecule has 0 aliphatic heterocycles. The van der Waals surface area contributed by atoms with E-state index in [1.807, 2.05) is 0 Å². The molecule has 1 heterocycles. The van der Waals surface area contributed by atoms with Crippen molar-refractivity contribution in [1.29, 1.82) is 0 Å². The van der Waals surface area contributed by atoms with Crippen LogP contribution in [-0.4, -0.2) is 0 Å². The van der Waals surface area contributed by atoms with E-state index in [1.54, 1.807) is 11.3 Å². The Morgan fingerprint density at radius 3 is 2.29 bits per heavy atom. The van der Waals surface area contributed by atoms with E-state index in [4.69, 9.17) is 5.73 Å². The van der Waals surface area contributed by atoms with E-state index in [-0.39, 0.29) is 24.0 Å². The minimum absolute atomic E-state index is 0. The highest BCUT2D eigenvalue weighted by Crippen LogP contribution is 2.24. The molecular formula is C11H12INS. The third-order valence-electron chi connectivity index (χ3n) is 2.00. The van der Waals surface area contributed by atoms with Crippen LogP contribution in [0, 0.1) is 0 Å². The quantitative estimate of drug-likeness (QED) is 0.843. The maximum absolute atomic E-state index is 5.52. The van der Waals surface area contributed by atoms with Crippen molar-refractivity contribution >= 4 is 35.3 Å². The van der Waals surface area contributed by atoms with Crippen LogP contribution in [0.3, 0.4) is 0 Å². The molecule has 0 atom stereocenters. The molecule has 14 heavy (non-hydrogen) atoms. The fourth-order valence-electron chi connectivity index (χ4n) is 1.25. The number of benzene rings is 1. The Balaban J connectivity index is 0.000000980. The highest BCUT2D eigenvalue weighted by Gasteiger charge is 1.97. The van der Waals surface area contributed by atoms with E-state index < -0.39 is 0 Å². The van der Waals surface area contributed by atoms with Crippen molar-refractivity contribution in [2.24, 2.45) is 5.73 Å². The van der Waals surface area contributed by atoms with Crippen LogP contribution in [0.5, 0.6) is 0 Å². The summed E-state index contributed by atoms with van der Waals surface area (Å²) < 4.78 is 0. The summed E-state index contributed by atoms with van der Waals surface area (Å²) in [6, 6.07) is 12.6. The molecule has 2 aromatic rings. The van der Waals surface area contributed by atoms with Gasteiger partial charge < -0.3 is 5.73 Å². The number of rotatable bonds is 2. The molecule has 2 rings (SSSR count). The lowest BCUT2D eigenvalue weighted by Gasteiger charge is -1.99. The molecule has 1 aromatic heterocycles. The van der Waals surface area contributed by atoms with E-state index >= 15 is 0 Å². The van der Waals surface area contributed by atoms with Crippen molar-refractivity contribution in [1.82, 2.24) is 0 Å². The van der Waals surface area contributed by atoms with Crippen molar-refractivity contribution in [2.45, 2.75) is 6.54 Å². The number of hydrogen-bond donors (Lipinski definition) is 1. The highest BCUT2D eigenvalue weighted by atomic mass is 127. The van der Waals surface area contributed by atoms with E-state index in [1.165, 1.54) is 16.0 Å². The van der Waals surface area contributed by atoms with Crippen LogP contribution in [0.2, 0.25) is 0 Å². The van der Waals surface area contributed by atoms with Crippen LogP contribution in [0.4, 0.5) is 0 Å². The van der Waals surface area contributed by atoms with Gasteiger partial charge in [0, 0.05) is 11.4 Å². The predicted octanol–water partition coefficient (Wildman–Crippen LogP) is 3.49. The van der Waals surface area contributed by atoms with Gasteiger partial charge in [0.2, 0.25) is 0 Å². The number of thiophene rings is 1. The molecule has 0 saturated carbocycles. The Bertz CT molecular complexity index is 367. The Morgan fingerprint density at radius 2 is 1.79 bits per heavy atom. The van der Waals surface area contributed by atoms with Gasteiger partial charge >= 0.3 is 0 Å². The molecule has 0 aliphatic rings. The third kappa shape index (κ3) is 2.56. The van der Waals surface area contributed by atoms with Crippen LogP contribution in [0.25, 0.3) is 10.4 Å². The van der Waals surface area contributed by atoms with Gasteiger partial charge in [0.15, 0.2) is 0 Å². The van der Waals surface area contributed by atoms with E-state index in [9.17, 15) is 0 Å². The summed E-state index contributed by atoms with van der Waals surface area (Å²) in [4.78, 5) is 1.31. The summed E-state index contributed by atoms with van der Waals surface area (Å²) in [6.45, 7) is 0.616. The first-order chi connectivity index (χ1) is 6.40. The Kier molecular flexibility index (Phi) is 4.57. The largest absolute Gasteiger partial charge is 0.326 e. The van der Waals surface area contributed by atoms with Gasteiger partial charge in [-0.2, -0.15) is 0 Å². The first-order valence-electron chi connectivity index (χ1n) is 4.23. The molecular weight excluding hydrogens is 305 g/mol. The molecule has 0 amide bonds. The maximum atomic E-state index is 5.52. The molecule has 0 fully saturated rings. The molecule has 1 nitrogen and oxygen atoms in total. The average molecular weight is 317 g/mol. The Labute approximate surface area is 105 Å². The lowest BCUT2D eigenvalue weighted by atomic mass is 10.1. The third-order valence-corrected chi connectivity index (χ3v) is 2.91. The minimum atomic E-state index is 0. The van der Waals surface area contributed by atoms with E-state index in [0.29, 0.717) is 6.54 Å². The van der Waals surface area contributed by atoms with Crippen LogP contribution in [0.1, 0.15) is 5.56 Å². The second-order valence-corrected chi connectivity index (χ2v) is 3.83. The van der Waals surface area contributed by atoms with Crippen molar-refractivity contribution in [3.8, 4) is 10.4 Å². The number of nitrogens with two attached hydrogens (primary N) is 1. The van der Waals surface area contributed by atoms with Crippen LogP contribution in [0.15, 0.2) is 41.8 Å². The molecule has 2 N–H and O–H groups in total. The van der Waals surface area contributed by atoms with Gasteiger partial charge in [-0.05, 0) is 22.6 Å². The second kappa shape index (κ2) is 5.48. The summed E-state index contributed by atoms with van der Waals surface area (Å²) in [5, 5.41) is 2.09. The van der Waals surface area contributed by atoms with Crippen LogP contribution < -0.4 is 5.73 Å². The van der Waals surface area contributed by atoms with Crippen molar-refractivity contribution in [3.05, 3.63) is 47.3 Å². The Hall–Kier alpha value is -0.390. The monoisotopic (exact) mass is 317 g/mol. The zero-order valence-electron chi connectivity index (χ0n) is 7.64. The second-order valence-electron chi connectivity index (χ2n) is 2.88. The van der Waals surface area contributed by atoms with E-state index in [2.05, 4.69) is 41.8 Å². The summed E-state index contributed by atoms with van der Waals surface area (Å²) in [5.74, 6) is 0.